The zero-order valence-electron chi connectivity index (χ0n) is 16.9. The quantitative estimate of drug-likeness (QED) is 0.514. The number of aromatic nitrogens is 4. The van der Waals surface area contributed by atoms with Gasteiger partial charge >= 0.3 is 0 Å². The van der Waals surface area contributed by atoms with Gasteiger partial charge in [0.25, 0.3) is 0 Å². The highest BCUT2D eigenvalue weighted by Crippen LogP contribution is 2.33. The van der Waals surface area contributed by atoms with Crippen LogP contribution in [-0.2, 0) is 19.5 Å². The SMILES string of the molecule is CCn1cc(-c2c(-c3ccccc3)ncn2C[C@H](O)Cc2ccccc2)c(C)n1. The van der Waals surface area contributed by atoms with Crippen LogP contribution in [0.1, 0.15) is 18.2 Å². The molecule has 0 radical (unpaired) electrons. The van der Waals surface area contributed by atoms with E-state index in [1.54, 1.807) is 0 Å². The molecule has 0 saturated carbocycles. The van der Waals surface area contributed by atoms with E-state index in [1.807, 2.05) is 66.5 Å². The van der Waals surface area contributed by atoms with Crippen LogP contribution in [0.5, 0.6) is 0 Å². The van der Waals surface area contributed by atoms with Crippen molar-refractivity contribution < 1.29 is 5.11 Å². The Kier molecular flexibility index (Phi) is 5.58. The largest absolute Gasteiger partial charge is 0.391 e. The van der Waals surface area contributed by atoms with Crippen molar-refractivity contribution in [2.75, 3.05) is 0 Å². The highest BCUT2D eigenvalue weighted by Gasteiger charge is 2.20. The Balaban J connectivity index is 1.72. The lowest BCUT2D eigenvalue weighted by Crippen LogP contribution is -2.19. The van der Waals surface area contributed by atoms with Crippen LogP contribution >= 0.6 is 0 Å². The van der Waals surface area contributed by atoms with Gasteiger partial charge in [0.1, 0.15) is 0 Å². The van der Waals surface area contributed by atoms with E-state index in [9.17, 15) is 5.11 Å². The van der Waals surface area contributed by atoms with E-state index in [2.05, 4.69) is 34.9 Å². The molecule has 0 bridgehead atoms. The van der Waals surface area contributed by atoms with Crippen molar-refractivity contribution in [3.8, 4) is 22.5 Å². The summed E-state index contributed by atoms with van der Waals surface area (Å²) in [5.74, 6) is 0. The molecule has 2 aromatic heterocycles. The minimum atomic E-state index is -0.504. The van der Waals surface area contributed by atoms with Gasteiger partial charge in [0.2, 0.25) is 0 Å². The number of hydrogen-bond donors (Lipinski definition) is 1. The minimum absolute atomic E-state index is 0.473. The standard InChI is InChI=1S/C24H26N4O/c1-3-28-16-22(18(2)26-28)24-23(20-12-8-5-9-13-20)25-17-27(24)15-21(29)14-19-10-6-4-7-11-19/h4-13,16-17,21,29H,3,14-15H2,1-2H3/t21-/m1/s1. The van der Waals surface area contributed by atoms with Crippen LogP contribution in [0.4, 0.5) is 0 Å². The number of aliphatic hydroxyl groups excluding tert-OH is 1. The number of benzene rings is 2. The Morgan fingerprint density at radius 1 is 1.00 bits per heavy atom. The highest BCUT2D eigenvalue weighted by molar-refractivity contribution is 5.79. The van der Waals surface area contributed by atoms with Crippen LogP contribution in [-0.4, -0.2) is 30.5 Å². The maximum absolute atomic E-state index is 10.8. The molecule has 1 N–H and O–H groups in total. The van der Waals surface area contributed by atoms with Crippen molar-refractivity contribution in [1.82, 2.24) is 19.3 Å². The zero-order chi connectivity index (χ0) is 20.2. The predicted octanol–water partition coefficient (Wildman–Crippen LogP) is 4.35. The van der Waals surface area contributed by atoms with Gasteiger partial charge in [-0.3, -0.25) is 4.68 Å². The average Bonchev–Trinajstić information content (AvgIpc) is 3.32. The van der Waals surface area contributed by atoms with Gasteiger partial charge in [-0.25, -0.2) is 4.98 Å². The Labute approximate surface area is 171 Å². The summed E-state index contributed by atoms with van der Waals surface area (Å²) in [5, 5.41) is 15.4. The summed E-state index contributed by atoms with van der Waals surface area (Å²) in [5.41, 5.74) is 6.11. The molecule has 0 amide bonds. The number of hydrogen-bond acceptors (Lipinski definition) is 3. The second kappa shape index (κ2) is 8.45. The van der Waals surface area contributed by atoms with E-state index < -0.39 is 6.10 Å². The van der Waals surface area contributed by atoms with Gasteiger partial charge in [0.05, 0.1) is 36.1 Å². The van der Waals surface area contributed by atoms with Gasteiger partial charge in [-0.2, -0.15) is 5.10 Å². The van der Waals surface area contributed by atoms with E-state index in [4.69, 9.17) is 4.98 Å². The minimum Gasteiger partial charge on any atom is -0.391 e. The maximum atomic E-state index is 10.8. The van der Waals surface area contributed by atoms with Gasteiger partial charge in [-0.1, -0.05) is 60.7 Å². The second-order valence-corrected chi connectivity index (χ2v) is 7.29. The summed E-state index contributed by atoms with van der Waals surface area (Å²) in [6, 6.07) is 20.3. The topological polar surface area (TPSA) is 55.9 Å². The van der Waals surface area contributed by atoms with Crippen molar-refractivity contribution in [3.63, 3.8) is 0 Å². The first-order chi connectivity index (χ1) is 14.2. The van der Waals surface area contributed by atoms with E-state index in [-0.39, 0.29) is 0 Å². The van der Waals surface area contributed by atoms with Crippen LogP contribution in [0.3, 0.4) is 0 Å². The number of aliphatic hydroxyl groups is 1. The van der Waals surface area contributed by atoms with Crippen molar-refractivity contribution in [2.24, 2.45) is 0 Å². The van der Waals surface area contributed by atoms with Crippen molar-refractivity contribution in [1.29, 1.82) is 0 Å². The van der Waals surface area contributed by atoms with E-state index >= 15 is 0 Å². The van der Waals surface area contributed by atoms with Crippen molar-refractivity contribution in [3.05, 3.63) is 84.4 Å². The monoisotopic (exact) mass is 386 g/mol. The lowest BCUT2D eigenvalue weighted by molar-refractivity contribution is 0.155. The van der Waals surface area contributed by atoms with E-state index in [0.29, 0.717) is 13.0 Å². The first-order valence-electron chi connectivity index (χ1n) is 10.0. The van der Waals surface area contributed by atoms with Crippen LogP contribution in [0.25, 0.3) is 22.5 Å². The smallest absolute Gasteiger partial charge is 0.0964 e. The molecule has 0 saturated heterocycles. The predicted molar refractivity (Wildman–Crippen MR) is 115 cm³/mol. The van der Waals surface area contributed by atoms with E-state index in [1.165, 1.54) is 0 Å². The Hall–Kier alpha value is -3.18. The average molecular weight is 386 g/mol. The lowest BCUT2D eigenvalue weighted by Gasteiger charge is -2.15. The Bertz CT molecular complexity index is 1070. The highest BCUT2D eigenvalue weighted by atomic mass is 16.3. The molecule has 4 rings (SSSR count). The molecule has 5 heteroatoms. The van der Waals surface area contributed by atoms with Gasteiger partial charge in [-0.05, 0) is 19.4 Å². The molecule has 0 fully saturated rings. The lowest BCUT2D eigenvalue weighted by atomic mass is 10.0. The maximum Gasteiger partial charge on any atom is 0.0964 e. The molecule has 2 heterocycles. The van der Waals surface area contributed by atoms with Crippen LogP contribution in [0.2, 0.25) is 0 Å². The molecule has 0 spiro atoms. The summed E-state index contributed by atoms with van der Waals surface area (Å²) >= 11 is 0. The molecular formula is C24H26N4O. The molecule has 0 aliphatic carbocycles. The summed E-state index contributed by atoms with van der Waals surface area (Å²) in [6.45, 7) is 5.39. The van der Waals surface area contributed by atoms with Crippen molar-refractivity contribution in [2.45, 2.75) is 39.5 Å². The third-order valence-electron chi connectivity index (χ3n) is 5.13. The fraction of sp³-hybridized carbons (Fsp3) is 0.250. The molecule has 2 aromatic carbocycles. The summed E-state index contributed by atoms with van der Waals surface area (Å²) < 4.78 is 4.00. The first kappa shape index (κ1) is 19.2. The number of nitrogens with zero attached hydrogens (tertiary/aromatic N) is 4. The number of imidazole rings is 1. The molecule has 0 aliphatic heterocycles. The summed E-state index contributed by atoms with van der Waals surface area (Å²) in [6.07, 6.45) is 4.00. The fourth-order valence-corrected chi connectivity index (χ4v) is 3.70. The van der Waals surface area contributed by atoms with Gasteiger partial charge in [-0.15, -0.1) is 0 Å². The molecular weight excluding hydrogens is 360 g/mol. The van der Waals surface area contributed by atoms with Crippen LogP contribution < -0.4 is 0 Å². The molecule has 0 aliphatic rings. The number of aryl methyl sites for hydroxylation is 2. The first-order valence-corrected chi connectivity index (χ1v) is 10.0. The molecule has 1 atom stereocenters. The summed E-state index contributed by atoms with van der Waals surface area (Å²) in [7, 11) is 0. The van der Waals surface area contributed by atoms with Gasteiger partial charge < -0.3 is 9.67 Å². The molecule has 5 nitrogen and oxygen atoms in total. The van der Waals surface area contributed by atoms with Crippen molar-refractivity contribution >= 4 is 0 Å². The molecule has 148 valence electrons. The molecule has 29 heavy (non-hydrogen) atoms. The third kappa shape index (κ3) is 4.15. The Morgan fingerprint density at radius 3 is 2.34 bits per heavy atom. The fourth-order valence-electron chi connectivity index (χ4n) is 3.70. The number of rotatable bonds is 7. The van der Waals surface area contributed by atoms with Crippen LogP contribution in [0, 0.1) is 6.92 Å². The van der Waals surface area contributed by atoms with E-state index in [0.717, 1.165) is 40.3 Å². The second-order valence-electron chi connectivity index (χ2n) is 7.29. The normalized spacial score (nSPS) is 12.2. The van der Waals surface area contributed by atoms with Gasteiger partial charge in [0, 0.05) is 30.3 Å². The molecule has 0 unspecified atom stereocenters. The van der Waals surface area contributed by atoms with Crippen LogP contribution in [0.15, 0.2) is 73.2 Å². The molecule has 4 aromatic rings. The summed E-state index contributed by atoms with van der Waals surface area (Å²) in [4.78, 5) is 4.71. The third-order valence-corrected chi connectivity index (χ3v) is 5.13. The van der Waals surface area contributed by atoms with Gasteiger partial charge in [0.15, 0.2) is 0 Å². The zero-order valence-corrected chi connectivity index (χ0v) is 16.9. The Morgan fingerprint density at radius 2 is 1.69 bits per heavy atom.